The Morgan fingerprint density at radius 2 is 2.12 bits per heavy atom. The molecule has 0 saturated carbocycles. The van der Waals surface area contributed by atoms with Crippen LogP contribution in [0, 0.1) is 0 Å². The summed E-state index contributed by atoms with van der Waals surface area (Å²) in [6, 6.07) is 10.6. The van der Waals surface area contributed by atoms with Crippen molar-refractivity contribution in [1.29, 1.82) is 0 Å². The molecule has 1 unspecified atom stereocenters. The van der Waals surface area contributed by atoms with Crippen molar-refractivity contribution in [2.45, 2.75) is 25.5 Å². The minimum atomic E-state index is -0.496. The summed E-state index contributed by atoms with van der Waals surface area (Å²) < 4.78 is 16.0. The quantitative estimate of drug-likeness (QED) is 0.822. The summed E-state index contributed by atoms with van der Waals surface area (Å²) in [6.07, 6.45) is 2.56. The van der Waals surface area contributed by atoms with Crippen LogP contribution in [-0.2, 0) is 20.9 Å². The number of benzene rings is 1. The molecule has 7 heteroatoms. The fourth-order valence-corrected chi connectivity index (χ4v) is 2.89. The van der Waals surface area contributed by atoms with E-state index in [4.69, 9.17) is 13.9 Å². The molecule has 1 aromatic heterocycles. The molecular formula is C19H22N2O5. The van der Waals surface area contributed by atoms with Crippen LogP contribution in [0.15, 0.2) is 47.1 Å². The summed E-state index contributed by atoms with van der Waals surface area (Å²) in [5.41, 5.74) is 0.558. The van der Waals surface area contributed by atoms with E-state index in [2.05, 4.69) is 5.32 Å². The maximum atomic E-state index is 12.7. The first-order valence-electron chi connectivity index (χ1n) is 8.53. The number of rotatable bonds is 7. The highest BCUT2D eigenvalue weighted by Crippen LogP contribution is 2.23. The van der Waals surface area contributed by atoms with Gasteiger partial charge in [-0.25, -0.2) is 0 Å². The first kappa shape index (κ1) is 18.0. The van der Waals surface area contributed by atoms with Crippen molar-refractivity contribution in [2.24, 2.45) is 0 Å². The molecule has 1 saturated heterocycles. The lowest BCUT2D eigenvalue weighted by atomic mass is 10.2. The molecule has 0 bridgehead atoms. The number of carbonyl (C=O) groups excluding carboxylic acids is 2. The van der Waals surface area contributed by atoms with Gasteiger partial charge in [-0.1, -0.05) is 12.1 Å². The van der Waals surface area contributed by atoms with E-state index in [1.807, 2.05) is 6.07 Å². The van der Waals surface area contributed by atoms with Crippen LogP contribution in [0.2, 0.25) is 0 Å². The maximum Gasteiger partial charge on any atom is 0.252 e. The number of furan rings is 1. The van der Waals surface area contributed by atoms with Gasteiger partial charge in [0.1, 0.15) is 24.2 Å². The number of ether oxygens (including phenoxy) is 2. The average molecular weight is 358 g/mol. The highest BCUT2D eigenvalue weighted by molar-refractivity contribution is 5.96. The van der Waals surface area contributed by atoms with Crippen LogP contribution in [0.5, 0.6) is 5.75 Å². The van der Waals surface area contributed by atoms with E-state index in [9.17, 15) is 9.59 Å². The molecule has 2 aromatic rings. The van der Waals surface area contributed by atoms with E-state index in [-0.39, 0.29) is 24.9 Å². The molecule has 2 amide bonds. The van der Waals surface area contributed by atoms with E-state index in [1.54, 1.807) is 36.6 Å². The summed E-state index contributed by atoms with van der Waals surface area (Å²) in [7, 11) is 1.54. The monoisotopic (exact) mass is 358 g/mol. The Morgan fingerprint density at radius 1 is 1.27 bits per heavy atom. The van der Waals surface area contributed by atoms with E-state index in [1.165, 1.54) is 12.0 Å². The Hall–Kier alpha value is -2.80. The van der Waals surface area contributed by atoms with Crippen molar-refractivity contribution >= 4 is 17.5 Å². The summed E-state index contributed by atoms with van der Waals surface area (Å²) in [5.74, 6) is 0.659. The number of carbonyl (C=O) groups is 2. The number of anilines is 1. The third-order valence-corrected chi connectivity index (χ3v) is 4.16. The molecule has 1 aliphatic heterocycles. The molecule has 1 atom stereocenters. The van der Waals surface area contributed by atoms with Crippen LogP contribution in [-0.4, -0.2) is 43.1 Å². The second-order valence-electron chi connectivity index (χ2n) is 6.02. The van der Waals surface area contributed by atoms with Crippen LogP contribution >= 0.6 is 0 Å². The van der Waals surface area contributed by atoms with E-state index >= 15 is 0 Å². The number of nitrogens with zero attached hydrogens (tertiary/aromatic N) is 1. The predicted octanol–water partition coefficient (Wildman–Crippen LogP) is 2.43. The summed E-state index contributed by atoms with van der Waals surface area (Å²) in [4.78, 5) is 26.7. The van der Waals surface area contributed by atoms with Crippen LogP contribution < -0.4 is 10.1 Å². The molecule has 0 spiro atoms. The molecule has 26 heavy (non-hydrogen) atoms. The highest BCUT2D eigenvalue weighted by atomic mass is 16.5. The topological polar surface area (TPSA) is 81.0 Å². The SMILES string of the molecule is COc1ccccc1NC(=O)CN(Cc1ccco1)C(=O)C1CCCO1. The lowest BCUT2D eigenvalue weighted by Gasteiger charge is -2.24. The van der Waals surface area contributed by atoms with Gasteiger partial charge in [-0.15, -0.1) is 0 Å². The normalized spacial score (nSPS) is 16.3. The second kappa shape index (κ2) is 8.53. The van der Waals surface area contributed by atoms with Gasteiger partial charge in [-0.3, -0.25) is 9.59 Å². The van der Waals surface area contributed by atoms with Gasteiger partial charge in [0.25, 0.3) is 5.91 Å². The molecule has 1 fully saturated rings. The Bertz CT molecular complexity index is 738. The molecule has 1 aliphatic rings. The van der Waals surface area contributed by atoms with E-state index < -0.39 is 6.10 Å². The van der Waals surface area contributed by atoms with Crippen molar-refractivity contribution in [3.05, 3.63) is 48.4 Å². The van der Waals surface area contributed by atoms with Crippen LogP contribution in [0.25, 0.3) is 0 Å². The molecular weight excluding hydrogens is 336 g/mol. The lowest BCUT2D eigenvalue weighted by molar-refractivity contribution is -0.144. The molecule has 1 N–H and O–H groups in total. The van der Waals surface area contributed by atoms with Crippen molar-refractivity contribution in [1.82, 2.24) is 4.90 Å². The molecule has 2 heterocycles. The maximum absolute atomic E-state index is 12.7. The van der Waals surface area contributed by atoms with Gasteiger partial charge in [0, 0.05) is 6.61 Å². The van der Waals surface area contributed by atoms with Crippen LogP contribution in [0.1, 0.15) is 18.6 Å². The first-order chi connectivity index (χ1) is 12.7. The van der Waals surface area contributed by atoms with E-state index in [0.29, 0.717) is 30.2 Å². The van der Waals surface area contributed by atoms with Gasteiger partial charge in [0.05, 0.1) is 25.6 Å². The average Bonchev–Trinajstić information content (AvgIpc) is 3.35. The smallest absolute Gasteiger partial charge is 0.252 e. The second-order valence-corrected chi connectivity index (χ2v) is 6.02. The number of methoxy groups -OCH3 is 1. The summed E-state index contributed by atoms with van der Waals surface area (Å²) in [6.45, 7) is 0.681. The number of hydrogen-bond donors (Lipinski definition) is 1. The van der Waals surface area contributed by atoms with Crippen molar-refractivity contribution < 1.29 is 23.5 Å². The van der Waals surface area contributed by atoms with Gasteiger partial charge >= 0.3 is 0 Å². The summed E-state index contributed by atoms with van der Waals surface area (Å²) in [5, 5.41) is 2.79. The van der Waals surface area contributed by atoms with Gasteiger partial charge in [0.2, 0.25) is 5.91 Å². The highest BCUT2D eigenvalue weighted by Gasteiger charge is 2.30. The number of nitrogens with one attached hydrogen (secondary N) is 1. The minimum absolute atomic E-state index is 0.0998. The zero-order valence-electron chi connectivity index (χ0n) is 14.6. The number of amides is 2. The lowest BCUT2D eigenvalue weighted by Crippen LogP contribution is -2.42. The minimum Gasteiger partial charge on any atom is -0.495 e. The molecule has 7 nitrogen and oxygen atoms in total. The molecule has 138 valence electrons. The fourth-order valence-electron chi connectivity index (χ4n) is 2.89. The Balaban J connectivity index is 1.69. The van der Waals surface area contributed by atoms with Gasteiger partial charge in [-0.05, 0) is 37.1 Å². The molecule has 0 aliphatic carbocycles. The van der Waals surface area contributed by atoms with Crippen LogP contribution in [0.4, 0.5) is 5.69 Å². The fraction of sp³-hybridized carbons (Fsp3) is 0.368. The van der Waals surface area contributed by atoms with Crippen LogP contribution in [0.3, 0.4) is 0 Å². The standard InChI is InChI=1S/C19H22N2O5/c1-24-16-8-3-2-7-15(16)20-18(22)13-21(12-14-6-4-10-25-14)19(23)17-9-5-11-26-17/h2-4,6-8,10,17H,5,9,11-13H2,1H3,(H,20,22). The third-order valence-electron chi connectivity index (χ3n) is 4.16. The molecule has 1 aromatic carbocycles. The first-order valence-corrected chi connectivity index (χ1v) is 8.53. The Kier molecular flexibility index (Phi) is 5.91. The van der Waals surface area contributed by atoms with Crippen molar-refractivity contribution in [2.75, 3.05) is 25.6 Å². The zero-order chi connectivity index (χ0) is 18.4. The molecule has 3 rings (SSSR count). The van der Waals surface area contributed by atoms with Gasteiger partial charge in [-0.2, -0.15) is 0 Å². The van der Waals surface area contributed by atoms with Gasteiger partial charge < -0.3 is 24.1 Å². The largest absolute Gasteiger partial charge is 0.495 e. The zero-order valence-corrected chi connectivity index (χ0v) is 14.6. The van der Waals surface area contributed by atoms with Crippen molar-refractivity contribution in [3.63, 3.8) is 0 Å². The Morgan fingerprint density at radius 3 is 2.81 bits per heavy atom. The third kappa shape index (κ3) is 4.43. The van der Waals surface area contributed by atoms with E-state index in [0.717, 1.165) is 6.42 Å². The van der Waals surface area contributed by atoms with Crippen molar-refractivity contribution in [3.8, 4) is 5.75 Å². The van der Waals surface area contributed by atoms with Gasteiger partial charge in [0.15, 0.2) is 0 Å². The molecule has 0 radical (unpaired) electrons. The summed E-state index contributed by atoms with van der Waals surface area (Å²) >= 11 is 0. The predicted molar refractivity (Wildman–Crippen MR) is 94.7 cm³/mol. The number of hydrogen-bond acceptors (Lipinski definition) is 5. The Labute approximate surface area is 151 Å². The number of para-hydroxylation sites is 2.